The van der Waals surface area contributed by atoms with Gasteiger partial charge in [-0.1, -0.05) is 12.1 Å². The fraction of sp³-hybridized carbons (Fsp3) is 0.238. The summed E-state index contributed by atoms with van der Waals surface area (Å²) in [5.74, 6) is -0.0264. The van der Waals surface area contributed by atoms with Gasteiger partial charge in [-0.05, 0) is 37.6 Å². The summed E-state index contributed by atoms with van der Waals surface area (Å²) in [5, 5.41) is 6.30. The monoisotopic (exact) mass is 428 g/mol. The van der Waals surface area contributed by atoms with Gasteiger partial charge in [0.05, 0.1) is 5.52 Å². The predicted octanol–water partition coefficient (Wildman–Crippen LogP) is 3.96. The molecule has 0 saturated carbocycles. The van der Waals surface area contributed by atoms with Crippen LogP contribution in [0, 0.1) is 6.92 Å². The van der Waals surface area contributed by atoms with Crippen molar-refractivity contribution in [2.45, 2.75) is 26.1 Å². The van der Waals surface area contributed by atoms with Crippen molar-refractivity contribution in [3.8, 4) is 11.4 Å². The lowest BCUT2D eigenvalue weighted by Gasteiger charge is -2.17. The SMILES string of the molecule is Cc1cnc2[nH]cc(-c3nc(N[C@H](C)C(=O)NCC(F)(F)F)c4ccccc4n3)c2c1. The normalized spacial score (nSPS) is 12.8. The molecule has 4 rings (SSSR count). The van der Waals surface area contributed by atoms with Crippen LogP contribution in [0.3, 0.4) is 0 Å². The van der Waals surface area contributed by atoms with Crippen LogP contribution in [0.5, 0.6) is 0 Å². The Balaban J connectivity index is 1.72. The van der Waals surface area contributed by atoms with Gasteiger partial charge in [0, 0.05) is 28.7 Å². The Hall–Kier alpha value is -3.69. The van der Waals surface area contributed by atoms with Gasteiger partial charge < -0.3 is 15.6 Å². The van der Waals surface area contributed by atoms with Gasteiger partial charge >= 0.3 is 6.18 Å². The minimum Gasteiger partial charge on any atom is -0.358 e. The molecule has 7 nitrogen and oxygen atoms in total. The minimum absolute atomic E-state index is 0.352. The van der Waals surface area contributed by atoms with Crippen LogP contribution in [0.4, 0.5) is 19.0 Å². The summed E-state index contributed by atoms with van der Waals surface area (Å²) < 4.78 is 37.3. The number of hydrogen-bond donors (Lipinski definition) is 3. The fourth-order valence-electron chi connectivity index (χ4n) is 3.21. The number of amides is 1. The molecular formula is C21H19F3N6O. The summed E-state index contributed by atoms with van der Waals surface area (Å²) in [6.07, 6.45) is -0.978. The van der Waals surface area contributed by atoms with E-state index in [0.717, 1.165) is 16.5 Å². The van der Waals surface area contributed by atoms with Crippen molar-refractivity contribution in [3.05, 3.63) is 48.3 Å². The minimum atomic E-state index is -4.48. The van der Waals surface area contributed by atoms with Crippen molar-refractivity contribution in [3.63, 3.8) is 0 Å². The Morgan fingerprint density at radius 3 is 2.74 bits per heavy atom. The van der Waals surface area contributed by atoms with Crippen LogP contribution in [0.25, 0.3) is 33.3 Å². The van der Waals surface area contributed by atoms with Gasteiger partial charge in [0.1, 0.15) is 24.1 Å². The van der Waals surface area contributed by atoms with Gasteiger partial charge in [-0.15, -0.1) is 0 Å². The number of aromatic amines is 1. The zero-order valence-corrected chi connectivity index (χ0v) is 16.7. The second-order valence-electron chi connectivity index (χ2n) is 7.22. The van der Waals surface area contributed by atoms with E-state index < -0.39 is 24.7 Å². The molecule has 3 aromatic heterocycles. The van der Waals surface area contributed by atoms with Gasteiger partial charge in [-0.2, -0.15) is 13.2 Å². The van der Waals surface area contributed by atoms with E-state index in [1.807, 2.05) is 24.4 Å². The molecule has 0 aliphatic heterocycles. The first-order chi connectivity index (χ1) is 14.7. The maximum absolute atomic E-state index is 12.4. The first-order valence-corrected chi connectivity index (χ1v) is 9.53. The molecule has 0 radical (unpaired) electrons. The largest absolute Gasteiger partial charge is 0.405 e. The van der Waals surface area contributed by atoms with Crippen LogP contribution < -0.4 is 10.6 Å². The zero-order chi connectivity index (χ0) is 22.2. The maximum atomic E-state index is 12.4. The highest BCUT2D eigenvalue weighted by Crippen LogP contribution is 2.30. The molecule has 3 N–H and O–H groups in total. The number of rotatable bonds is 5. The molecule has 0 spiro atoms. The van der Waals surface area contributed by atoms with E-state index >= 15 is 0 Å². The maximum Gasteiger partial charge on any atom is 0.405 e. The number of halogens is 3. The van der Waals surface area contributed by atoms with Crippen LogP contribution in [-0.2, 0) is 4.79 Å². The topological polar surface area (TPSA) is 95.6 Å². The average molecular weight is 428 g/mol. The second kappa shape index (κ2) is 7.86. The third kappa shape index (κ3) is 4.42. The van der Waals surface area contributed by atoms with Crippen molar-refractivity contribution in [2.24, 2.45) is 0 Å². The van der Waals surface area contributed by atoms with Crippen molar-refractivity contribution in [2.75, 3.05) is 11.9 Å². The number of aryl methyl sites for hydroxylation is 1. The number of nitrogens with one attached hydrogen (secondary N) is 3. The lowest BCUT2D eigenvalue weighted by Crippen LogP contribution is -2.42. The molecule has 0 unspecified atom stereocenters. The summed E-state index contributed by atoms with van der Waals surface area (Å²) in [4.78, 5) is 28.8. The third-order valence-electron chi connectivity index (χ3n) is 4.72. The van der Waals surface area contributed by atoms with Gasteiger partial charge in [-0.25, -0.2) is 15.0 Å². The standard InChI is InChI=1S/C21H19F3N6O/c1-11-7-14-15(9-26-17(14)25-8-11)19-29-16-6-4-3-5-13(16)18(30-19)28-12(2)20(31)27-10-21(22,23)24/h3-9,12H,10H2,1-2H3,(H,25,26)(H,27,31)(H,28,29,30)/t12-/m1/s1. The number of fused-ring (bicyclic) bond motifs is 2. The van der Waals surface area contributed by atoms with E-state index in [2.05, 4.69) is 25.3 Å². The Bertz CT molecular complexity index is 1270. The molecule has 0 aliphatic carbocycles. The van der Waals surface area contributed by atoms with Crippen LogP contribution in [0.1, 0.15) is 12.5 Å². The Kier molecular flexibility index (Phi) is 5.22. The highest BCUT2D eigenvalue weighted by Gasteiger charge is 2.29. The van der Waals surface area contributed by atoms with Crippen LogP contribution in [0.15, 0.2) is 42.7 Å². The van der Waals surface area contributed by atoms with Gasteiger partial charge in [0.25, 0.3) is 0 Å². The molecule has 0 bridgehead atoms. The molecule has 160 valence electrons. The van der Waals surface area contributed by atoms with E-state index in [-0.39, 0.29) is 0 Å². The van der Waals surface area contributed by atoms with E-state index in [4.69, 9.17) is 0 Å². The number of nitrogens with zero attached hydrogens (tertiary/aromatic N) is 3. The first kappa shape index (κ1) is 20.6. The van der Waals surface area contributed by atoms with Crippen LogP contribution >= 0.6 is 0 Å². The summed E-state index contributed by atoms with van der Waals surface area (Å²) in [6.45, 7) is 2.01. The number of anilines is 1. The number of carbonyl (C=O) groups is 1. The van der Waals surface area contributed by atoms with Crippen LogP contribution in [0.2, 0.25) is 0 Å². The smallest absolute Gasteiger partial charge is 0.358 e. The van der Waals surface area contributed by atoms with Gasteiger partial charge in [-0.3, -0.25) is 4.79 Å². The van der Waals surface area contributed by atoms with Crippen molar-refractivity contribution in [1.29, 1.82) is 0 Å². The van der Waals surface area contributed by atoms with Gasteiger partial charge in [0.15, 0.2) is 5.82 Å². The van der Waals surface area contributed by atoms with E-state index in [1.54, 1.807) is 30.6 Å². The molecule has 4 aromatic rings. The quantitative estimate of drug-likeness (QED) is 0.447. The molecule has 0 saturated heterocycles. The number of benzene rings is 1. The zero-order valence-electron chi connectivity index (χ0n) is 16.7. The molecule has 3 heterocycles. The van der Waals surface area contributed by atoms with E-state index in [9.17, 15) is 18.0 Å². The number of hydrogen-bond acceptors (Lipinski definition) is 5. The molecule has 1 atom stereocenters. The lowest BCUT2D eigenvalue weighted by atomic mass is 10.1. The Morgan fingerprint density at radius 1 is 1.19 bits per heavy atom. The summed E-state index contributed by atoms with van der Waals surface area (Å²) >= 11 is 0. The number of H-pyrrole nitrogens is 1. The lowest BCUT2D eigenvalue weighted by molar-refractivity contribution is -0.138. The van der Waals surface area contributed by atoms with Crippen molar-refractivity contribution in [1.82, 2.24) is 25.3 Å². The third-order valence-corrected chi connectivity index (χ3v) is 4.72. The molecule has 31 heavy (non-hydrogen) atoms. The number of aromatic nitrogens is 4. The number of alkyl halides is 3. The molecule has 0 fully saturated rings. The molecule has 10 heteroatoms. The second-order valence-corrected chi connectivity index (χ2v) is 7.22. The summed E-state index contributed by atoms with van der Waals surface area (Å²) in [7, 11) is 0. The van der Waals surface area contributed by atoms with E-state index in [0.29, 0.717) is 28.2 Å². The summed E-state index contributed by atoms with van der Waals surface area (Å²) in [5.41, 5.74) is 3.02. The summed E-state index contributed by atoms with van der Waals surface area (Å²) in [6, 6.07) is 8.22. The molecule has 1 amide bonds. The average Bonchev–Trinajstić information content (AvgIpc) is 3.14. The highest BCUT2D eigenvalue weighted by atomic mass is 19.4. The number of pyridine rings is 1. The molecular weight excluding hydrogens is 409 g/mol. The number of para-hydroxylation sites is 1. The highest BCUT2D eigenvalue weighted by molar-refractivity contribution is 5.96. The predicted molar refractivity (Wildman–Crippen MR) is 112 cm³/mol. The van der Waals surface area contributed by atoms with Crippen LogP contribution in [-0.4, -0.2) is 44.6 Å². The van der Waals surface area contributed by atoms with E-state index in [1.165, 1.54) is 6.92 Å². The molecule has 0 aliphatic rings. The van der Waals surface area contributed by atoms with Gasteiger partial charge in [0.2, 0.25) is 5.91 Å². The number of carbonyl (C=O) groups excluding carboxylic acids is 1. The molecule has 1 aromatic carbocycles. The fourth-order valence-corrected chi connectivity index (χ4v) is 3.21. The first-order valence-electron chi connectivity index (χ1n) is 9.53. The Labute approximate surface area is 175 Å². The van der Waals surface area contributed by atoms with Crippen molar-refractivity contribution < 1.29 is 18.0 Å². The Morgan fingerprint density at radius 2 is 1.97 bits per heavy atom. The van der Waals surface area contributed by atoms with Crippen molar-refractivity contribution >= 4 is 33.7 Å².